The summed E-state index contributed by atoms with van der Waals surface area (Å²) in [6.07, 6.45) is 0. The quantitative estimate of drug-likeness (QED) is 0.600. The van der Waals surface area contributed by atoms with Crippen molar-refractivity contribution in [2.75, 3.05) is 0 Å². The Bertz CT molecular complexity index is 729. The number of rotatable bonds is 4. The maximum absolute atomic E-state index is 3.62. The number of benzene rings is 3. The van der Waals surface area contributed by atoms with Gasteiger partial charge in [0.1, 0.15) is 0 Å². The number of hydrogen-bond acceptors (Lipinski definition) is 1. The van der Waals surface area contributed by atoms with Crippen LogP contribution in [0.5, 0.6) is 0 Å². The maximum atomic E-state index is 3.62. The van der Waals surface area contributed by atoms with Gasteiger partial charge in [-0.25, -0.2) is 0 Å². The molecule has 1 atom stereocenters. The van der Waals surface area contributed by atoms with Crippen LogP contribution in [0, 0.1) is 3.57 Å². The van der Waals surface area contributed by atoms with Gasteiger partial charge in [-0.1, -0.05) is 54.6 Å². The standard InChI is InChI=1S/C19H18IN/c1-14(21-13-15-9-11-17(20)12-10-15)18-8-4-6-16-5-2-3-7-19(16)18/h2-12,14,21H,13H2,1H3. The van der Waals surface area contributed by atoms with E-state index >= 15 is 0 Å². The lowest BCUT2D eigenvalue weighted by atomic mass is 9.99. The van der Waals surface area contributed by atoms with E-state index in [0.717, 1.165) is 6.54 Å². The molecule has 0 aliphatic carbocycles. The lowest BCUT2D eigenvalue weighted by Gasteiger charge is -2.16. The molecule has 0 aliphatic heterocycles. The van der Waals surface area contributed by atoms with Crippen molar-refractivity contribution in [1.82, 2.24) is 5.32 Å². The van der Waals surface area contributed by atoms with Crippen molar-refractivity contribution in [2.24, 2.45) is 0 Å². The molecule has 106 valence electrons. The van der Waals surface area contributed by atoms with E-state index in [1.807, 2.05) is 0 Å². The summed E-state index contributed by atoms with van der Waals surface area (Å²) in [7, 11) is 0. The van der Waals surface area contributed by atoms with Gasteiger partial charge >= 0.3 is 0 Å². The summed E-state index contributed by atoms with van der Waals surface area (Å²) in [5.41, 5.74) is 2.68. The summed E-state index contributed by atoms with van der Waals surface area (Å²) >= 11 is 2.34. The first kappa shape index (κ1) is 14.5. The Morgan fingerprint density at radius 3 is 2.43 bits per heavy atom. The van der Waals surface area contributed by atoms with Crippen LogP contribution in [-0.4, -0.2) is 0 Å². The van der Waals surface area contributed by atoms with E-state index in [0.29, 0.717) is 6.04 Å². The molecule has 0 aliphatic rings. The minimum atomic E-state index is 0.329. The molecule has 0 spiro atoms. The fourth-order valence-corrected chi connectivity index (χ4v) is 2.97. The SMILES string of the molecule is CC(NCc1ccc(I)cc1)c1cccc2ccccc12. The monoisotopic (exact) mass is 387 g/mol. The molecule has 0 aromatic heterocycles. The summed E-state index contributed by atoms with van der Waals surface area (Å²) in [6, 6.07) is 24.1. The molecule has 1 unspecified atom stereocenters. The Morgan fingerprint density at radius 2 is 1.62 bits per heavy atom. The zero-order valence-corrected chi connectivity index (χ0v) is 14.2. The second-order valence-corrected chi connectivity index (χ2v) is 6.54. The van der Waals surface area contributed by atoms with Crippen LogP contribution in [0.3, 0.4) is 0 Å². The zero-order valence-electron chi connectivity index (χ0n) is 12.0. The molecule has 3 aromatic carbocycles. The fourth-order valence-electron chi connectivity index (χ4n) is 2.61. The average Bonchev–Trinajstić information content (AvgIpc) is 2.53. The molecule has 0 amide bonds. The Morgan fingerprint density at radius 1 is 0.905 bits per heavy atom. The molecule has 2 heteroatoms. The van der Waals surface area contributed by atoms with Crippen LogP contribution in [0.1, 0.15) is 24.1 Å². The highest BCUT2D eigenvalue weighted by Gasteiger charge is 2.08. The van der Waals surface area contributed by atoms with Crippen LogP contribution in [-0.2, 0) is 6.54 Å². The Kier molecular flexibility index (Phi) is 4.56. The second-order valence-electron chi connectivity index (χ2n) is 5.30. The Labute approximate surface area is 139 Å². The van der Waals surface area contributed by atoms with Gasteiger partial charge in [-0.2, -0.15) is 0 Å². The molecule has 1 nitrogen and oxygen atoms in total. The first-order valence-electron chi connectivity index (χ1n) is 7.19. The van der Waals surface area contributed by atoms with Crippen LogP contribution in [0.4, 0.5) is 0 Å². The Hall–Kier alpha value is -1.39. The molecule has 0 radical (unpaired) electrons. The summed E-state index contributed by atoms with van der Waals surface area (Å²) in [5, 5.41) is 6.26. The molecule has 0 bridgehead atoms. The molecule has 3 rings (SSSR count). The number of halogens is 1. The lowest BCUT2D eigenvalue weighted by Crippen LogP contribution is -2.18. The second kappa shape index (κ2) is 6.58. The molecule has 0 saturated heterocycles. The largest absolute Gasteiger partial charge is 0.306 e. The highest BCUT2D eigenvalue weighted by Crippen LogP contribution is 2.24. The molecular weight excluding hydrogens is 369 g/mol. The van der Waals surface area contributed by atoms with Gasteiger partial charge in [-0.3, -0.25) is 0 Å². The van der Waals surface area contributed by atoms with Crippen molar-refractivity contribution >= 4 is 33.4 Å². The number of hydrogen-bond donors (Lipinski definition) is 1. The van der Waals surface area contributed by atoms with Gasteiger partial charge in [0.25, 0.3) is 0 Å². The van der Waals surface area contributed by atoms with E-state index in [-0.39, 0.29) is 0 Å². The normalized spacial score (nSPS) is 12.5. The third-order valence-electron chi connectivity index (χ3n) is 3.82. The third-order valence-corrected chi connectivity index (χ3v) is 4.53. The predicted molar refractivity (Wildman–Crippen MR) is 98.4 cm³/mol. The van der Waals surface area contributed by atoms with Crippen molar-refractivity contribution in [3.63, 3.8) is 0 Å². The summed E-state index contributed by atoms with van der Waals surface area (Å²) < 4.78 is 1.28. The summed E-state index contributed by atoms with van der Waals surface area (Å²) in [5.74, 6) is 0. The topological polar surface area (TPSA) is 12.0 Å². The highest BCUT2D eigenvalue weighted by molar-refractivity contribution is 14.1. The number of nitrogens with one attached hydrogen (secondary N) is 1. The van der Waals surface area contributed by atoms with Gasteiger partial charge in [-0.15, -0.1) is 0 Å². The minimum absolute atomic E-state index is 0.329. The zero-order chi connectivity index (χ0) is 14.7. The van der Waals surface area contributed by atoms with Gasteiger partial charge in [0.15, 0.2) is 0 Å². The van der Waals surface area contributed by atoms with Crippen LogP contribution in [0.15, 0.2) is 66.7 Å². The van der Waals surface area contributed by atoms with Gasteiger partial charge in [0.2, 0.25) is 0 Å². The molecule has 0 heterocycles. The first-order chi connectivity index (χ1) is 10.2. The molecule has 1 N–H and O–H groups in total. The van der Waals surface area contributed by atoms with Crippen molar-refractivity contribution in [1.29, 1.82) is 0 Å². The van der Waals surface area contributed by atoms with Gasteiger partial charge < -0.3 is 5.32 Å². The van der Waals surface area contributed by atoms with Crippen molar-refractivity contribution in [3.8, 4) is 0 Å². The molecule has 3 aromatic rings. The van der Waals surface area contributed by atoms with E-state index in [9.17, 15) is 0 Å². The smallest absolute Gasteiger partial charge is 0.0301 e. The van der Waals surface area contributed by atoms with Crippen LogP contribution < -0.4 is 5.32 Å². The number of fused-ring (bicyclic) bond motifs is 1. The third kappa shape index (κ3) is 3.44. The van der Waals surface area contributed by atoms with Crippen molar-refractivity contribution in [2.45, 2.75) is 19.5 Å². The van der Waals surface area contributed by atoms with Crippen LogP contribution in [0.25, 0.3) is 10.8 Å². The summed E-state index contributed by atoms with van der Waals surface area (Å²) in [6.45, 7) is 3.12. The highest BCUT2D eigenvalue weighted by atomic mass is 127. The predicted octanol–water partition coefficient (Wildman–Crippen LogP) is 5.30. The van der Waals surface area contributed by atoms with Crippen LogP contribution >= 0.6 is 22.6 Å². The minimum Gasteiger partial charge on any atom is -0.306 e. The molecule has 0 saturated carbocycles. The lowest BCUT2D eigenvalue weighted by molar-refractivity contribution is 0.578. The van der Waals surface area contributed by atoms with E-state index in [2.05, 4.69) is 102 Å². The van der Waals surface area contributed by atoms with Gasteiger partial charge in [0.05, 0.1) is 0 Å². The van der Waals surface area contributed by atoms with Crippen molar-refractivity contribution in [3.05, 3.63) is 81.4 Å². The maximum Gasteiger partial charge on any atom is 0.0301 e. The molecule has 0 fully saturated rings. The van der Waals surface area contributed by atoms with Crippen molar-refractivity contribution < 1.29 is 0 Å². The molecule has 21 heavy (non-hydrogen) atoms. The fraction of sp³-hybridized carbons (Fsp3) is 0.158. The molecular formula is C19H18IN. The Balaban J connectivity index is 1.78. The van der Waals surface area contributed by atoms with E-state index in [1.54, 1.807) is 0 Å². The van der Waals surface area contributed by atoms with E-state index in [4.69, 9.17) is 0 Å². The van der Waals surface area contributed by atoms with Gasteiger partial charge in [-0.05, 0) is 63.5 Å². The average molecular weight is 387 g/mol. The van der Waals surface area contributed by atoms with Crippen LogP contribution in [0.2, 0.25) is 0 Å². The first-order valence-corrected chi connectivity index (χ1v) is 8.27. The van der Waals surface area contributed by atoms with E-state index < -0.39 is 0 Å². The summed E-state index contributed by atoms with van der Waals surface area (Å²) in [4.78, 5) is 0. The van der Waals surface area contributed by atoms with E-state index in [1.165, 1.54) is 25.5 Å². The van der Waals surface area contributed by atoms with Gasteiger partial charge in [0, 0.05) is 16.2 Å².